The summed E-state index contributed by atoms with van der Waals surface area (Å²) in [4.78, 5) is 4.42. The number of halogens is 1. The zero-order valence-corrected chi connectivity index (χ0v) is 12.4. The fraction of sp³-hybridized carbons (Fsp3) is 0.167. The van der Waals surface area contributed by atoms with Crippen molar-refractivity contribution >= 4 is 22.3 Å². The number of rotatable bonds is 2. The quantitative estimate of drug-likeness (QED) is 0.711. The molecule has 0 saturated carbocycles. The van der Waals surface area contributed by atoms with Crippen LogP contribution in [0.15, 0.2) is 42.6 Å². The standard InChI is InChI=1S/C18H17FN2/c1-11-8-14-6-7-20-18(16(14)10-12(11)2)21-15-4-5-17(19)13(3)9-15/h4-10H,1-3H3,(H,20,21). The Morgan fingerprint density at radius 2 is 1.67 bits per heavy atom. The molecule has 0 amide bonds. The molecule has 3 rings (SSSR count). The van der Waals surface area contributed by atoms with Crippen LogP contribution in [0.5, 0.6) is 0 Å². The van der Waals surface area contributed by atoms with Crippen LogP contribution in [-0.4, -0.2) is 4.98 Å². The summed E-state index contributed by atoms with van der Waals surface area (Å²) in [6.07, 6.45) is 1.79. The Bertz CT molecular complexity index is 825. The van der Waals surface area contributed by atoms with E-state index in [1.807, 2.05) is 6.07 Å². The molecule has 0 radical (unpaired) electrons. The highest BCUT2D eigenvalue weighted by Gasteiger charge is 2.06. The van der Waals surface area contributed by atoms with Gasteiger partial charge < -0.3 is 5.32 Å². The van der Waals surface area contributed by atoms with Crippen molar-refractivity contribution < 1.29 is 4.39 Å². The Labute approximate surface area is 123 Å². The SMILES string of the molecule is Cc1cc2ccnc(Nc3ccc(F)c(C)c3)c2cc1C. The molecule has 0 fully saturated rings. The van der Waals surface area contributed by atoms with Gasteiger partial charge in [0.25, 0.3) is 0 Å². The number of hydrogen-bond donors (Lipinski definition) is 1. The molecule has 0 aliphatic heterocycles. The molecule has 0 atom stereocenters. The van der Waals surface area contributed by atoms with Crippen LogP contribution in [0.4, 0.5) is 15.9 Å². The zero-order chi connectivity index (χ0) is 15.0. The summed E-state index contributed by atoms with van der Waals surface area (Å²) in [5.41, 5.74) is 3.95. The molecule has 0 bridgehead atoms. The van der Waals surface area contributed by atoms with Gasteiger partial charge in [-0.25, -0.2) is 9.37 Å². The van der Waals surface area contributed by atoms with Crippen LogP contribution in [-0.2, 0) is 0 Å². The zero-order valence-electron chi connectivity index (χ0n) is 12.4. The van der Waals surface area contributed by atoms with Crippen molar-refractivity contribution in [3.05, 3.63) is 65.1 Å². The Morgan fingerprint density at radius 1 is 0.905 bits per heavy atom. The summed E-state index contributed by atoms with van der Waals surface area (Å²) in [5, 5.41) is 5.50. The first-order valence-corrected chi connectivity index (χ1v) is 6.94. The molecule has 3 aromatic rings. The van der Waals surface area contributed by atoms with Crippen LogP contribution in [0.1, 0.15) is 16.7 Å². The van der Waals surface area contributed by atoms with E-state index in [9.17, 15) is 4.39 Å². The van der Waals surface area contributed by atoms with E-state index < -0.39 is 0 Å². The number of fused-ring (bicyclic) bond motifs is 1. The maximum absolute atomic E-state index is 13.3. The van der Waals surface area contributed by atoms with Crippen LogP contribution in [0.3, 0.4) is 0 Å². The first kappa shape index (κ1) is 13.6. The molecule has 21 heavy (non-hydrogen) atoms. The van der Waals surface area contributed by atoms with E-state index >= 15 is 0 Å². The van der Waals surface area contributed by atoms with Crippen molar-refractivity contribution in [1.82, 2.24) is 4.98 Å². The number of hydrogen-bond acceptors (Lipinski definition) is 2. The number of benzene rings is 2. The lowest BCUT2D eigenvalue weighted by Crippen LogP contribution is -1.96. The predicted molar refractivity (Wildman–Crippen MR) is 85.6 cm³/mol. The molecule has 1 heterocycles. The van der Waals surface area contributed by atoms with Crippen LogP contribution in [0.25, 0.3) is 10.8 Å². The molecule has 1 N–H and O–H groups in total. The lowest BCUT2D eigenvalue weighted by molar-refractivity contribution is 0.619. The number of aryl methyl sites for hydroxylation is 3. The largest absolute Gasteiger partial charge is 0.340 e. The highest BCUT2D eigenvalue weighted by molar-refractivity contribution is 5.94. The van der Waals surface area contributed by atoms with Gasteiger partial charge in [-0.05, 0) is 73.2 Å². The van der Waals surface area contributed by atoms with E-state index in [1.54, 1.807) is 25.3 Å². The van der Waals surface area contributed by atoms with E-state index in [2.05, 4.69) is 36.3 Å². The Balaban J connectivity index is 2.07. The number of anilines is 2. The second-order valence-corrected chi connectivity index (χ2v) is 5.41. The monoisotopic (exact) mass is 280 g/mol. The van der Waals surface area contributed by atoms with Crippen LogP contribution >= 0.6 is 0 Å². The third-order valence-electron chi connectivity index (χ3n) is 3.80. The van der Waals surface area contributed by atoms with Gasteiger partial charge in [0.05, 0.1) is 0 Å². The van der Waals surface area contributed by atoms with E-state index in [1.165, 1.54) is 17.2 Å². The van der Waals surface area contributed by atoms with Gasteiger partial charge in [-0.2, -0.15) is 0 Å². The van der Waals surface area contributed by atoms with Crippen molar-refractivity contribution in [3.8, 4) is 0 Å². The molecule has 3 heteroatoms. The normalized spacial score (nSPS) is 10.9. The van der Waals surface area contributed by atoms with E-state index in [0.29, 0.717) is 5.56 Å². The smallest absolute Gasteiger partial charge is 0.138 e. The van der Waals surface area contributed by atoms with Gasteiger partial charge >= 0.3 is 0 Å². The lowest BCUT2D eigenvalue weighted by Gasteiger charge is -2.11. The van der Waals surface area contributed by atoms with Gasteiger partial charge in [0.2, 0.25) is 0 Å². The molecule has 1 aromatic heterocycles. The summed E-state index contributed by atoms with van der Waals surface area (Å²) >= 11 is 0. The minimum Gasteiger partial charge on any atom is -0.340 e. The van der Waals surface area contributed by atoms with Crippen molar-refractivity contribution in [2.45, 2.75) is 20.8 Å². The maximum Gasteiger partial charge on any atom is 0.138 e. The molecular formula is C18H17FN2. The second-order valence-electron chi connectivity index (χ2n) is 5.41. The Hall–Kier alpha value is -2.42. The molecule has 2 nitrogen and oxygen atoms in total. The third-order valence-corrected chi connectivity index (χ3v) is 3.80. The predicted octanol–water partition coefficient (Wildman–Crippen LogP) is 5.04. The van der Waals surface area contributed by atoms with E-state index in [0.717, 1.165) is 22.3 Å². The minimum atomic E-state index is -0.196. The molecule has 0 spiro atoms. The van der Waals surface area contributed by atoms with E-state index in [-0.39, 0.29) is 5.82 Å². The second kappa shape index (κ2) is 5.17. The fourth-order valence-corrected chi connectivity index (χ4v) is 2.40. The fourth-order valence-electron chi connectivity index (χ4n) is 2.40. The molecule has 0 aliphatic rings. The topological polar surface area (TPSA) is 24.9 Å². The number of nitrogens with zero attached hydrogens (tertiary/aromatic N) is 1. The molecule has 0 saturated heterocycles. The number of nitrogens with one attached hydrogen (secondary N) is 1. The van der Waals surface area contributed by atoms with Gasteiger partial charge in [0, 0.05) is 17.3 Å². The van der Waals surface area contributed by atoms with Gasteiger partial charge in [0.1, 0.15) is 11.6 Å². The summed E-state index contributed by atoms with van der Waals surface area (Å²) in [6.45, 7) is 5.95. The van der Waals surface area contributed by atoms with Crippen molar-refractivity contribution in [2.24, 2.45) is 0 Å². The number of aromatic nitrogens is 1. The van der Waals surface area contributed by atoms with Crippen LogP contribution in [0.2, 0.25) is 0 Å². The number of pyridine rings is 1. The highest BCUT2D eigenvalue weighted by Crippen LogP contribution is 2.27. The summed E-state index contributed by atoms with van der Waals surface area (Å²) in [6, 6.07) is 11.3. The van der Waals surface area contributed by atoms with Gasteiger partial charge in [-0.1, -0.05) is 6.07 Å². The molecule has 106 valence electrons. The van der Waals surface area contributed by atoms with Gasteiger partial charge in [-0.15, -0.1) is 0 Å². The molecule has 2 aromatic carbocycles. The third kappa shape index (κ3) is 2.59. The average molecular weight is 280 g/mol. The Kier molecular flexibility index (Phi) is 3.34. The molecule has 0 unspecified atom stereocenters. The maximum atomic E-state index is 13.3. The van der Waals surface area contributed by atoms with E-state index in [4.69, 9.17) is 0 Å². The highest BCUT2D eigenvalue weighted by atomic mass is 19.1. The lowest BCUT2D eigenvalue weighted by atomic mass is 10.0. The van der Waals surface area contributed by atoms with Crippen molar-refractivity contribution in [2.75, 3.05) is 5.32 Å². The van der Waals surface area contributed by atoms with Crippen molar-refractivity contribution in [3.63, 3.8) is 0 Å². The summed E-state index contributed by atoms with van der Waals surface area (Å²) in [5.74, 6) is 0.597. The van der Waals surface area contributed by atoms with Gasteiger partial charge in [-0.3, -0.25) is 0 Å². The molecule has 0 aliphatic carbocycles. The first-order chi connectivity index (χ1) is 10.0. The van der Waals surface area contributed by atoms with Gasteiger partial charge in [0.15, 0.2) is 0 Å². The summed E-state index contributed by atoms with van der Waals surface area (Å²) < 4.78 is 13.3. The first-order valence-electron chi connectivity index (χ1n) is 6.94. The average Bonchev–Trinajstić information content (AvgIpc) is 2.45. The Morgan fingerprint density at radius 3 is 2.43 bits per heavy atom. The summed E-state index contributed by atoms with van der Waals surface area (Å²) in [7, 11) is 0. The van der Waals surface area contributed by atoms with Crippen molar-refractivity contribution in [1.29, 1.82) is 0 Å². The minimum absolute atomic E-state index is 0.196. The molecular weight excluding hydrogens is 263 g/mol. The van der Waals surface area contributed by atoms with Crippen LogP contribution in [0, 0.1) is 26.6 Å². The van der Waals surface area contributed by atoms with Crippen LogP contribution < -0.4 is 5.32 Å².